The largest absolute Gasteiger partial charge is 0.481 e. The summed E-state index contributed by atoms with van der Waals surface area (Å²) < 4.78 is 16.3. The molecule has 3 aromatic rings. The maximum atomic E-state index is 13.4. The third kappa shape index (κ3) is 6.83. The molecule has 4 heterocycles. The first-order chi connectivity index (χ1) is 21.9. The van der Waals surface area contributed by atoms with E-state index in [1.165, 1.54) is 6.20 Å². The van der Waals surface area contributed by atoms with Crippen molar-refractivity contribution in [1.29, 1.82) is 0 Å². The van der Waals surface area contributed by atoms with Gasteiger partial charge in [0.2, 0.25) is 6.79 Å². The zero-order chi connectivity index (χ0) is 31.3. The maximum absolute atomic E-state index is 13.4. The molecule has 1 aromatic heterocycles. The summed E-state index contributed by atoms with van der Waals surface area (Å²) >= 11 is 0. The molecule has 2 fully saturated rings. The normalized spacial score (nSPS) is 17.9. The fourth-order valence-corrected chi connectivity index (χ4v) is 5.66. The smallest absolute Gasteiger partial charge is 0.305 e. The Morgan fingerprint density at radius 1 is 0.978 bits per heavy atom. The number of aromatic nitrogens is 1. The topological polar surface area (TPSA) is 160 Å². The lowest BCUT2D eigenvalue weighted by molar-refractivity contribution is -0.137. The van der Waals surface area contributed by atoms with Crippen LogP contribution in [0.15, 0.2) is 60.9 Å². The Balaban J connectivity index is 1.19. The summed E-state index contributed by atoms with van der Waals surface area (Å²) in [5.74, 6) is -0.826. The van der Waals surface area contributed by atoms with Gasteiger partial charge in [-0.15, -0.1) is 0 Å². The Bertz CT molecular complexity index is 1590. The van der Waals surface area contributed by atoms with Gasteiger partial charge in [0.25, 0.3) is 17.7 Å². The number of piperazine rings is 1. The van der Waals surface area contributed by atoms with Gasteiger partial charge in [0.1, 0.15) is 6.10 Å². The lowest BCUT2D eigenvalue weighted by atomic mass is 10.0. The Hall–Kier alpha value is -5.17. The van der Waals surface area contributed by atoms with Gasteiger partial charge in [-0.05, 0) is 60.9 Å². The van der Waals surface area contributed by atoms with Crippen LogP contribution in [0.5, 0.6) is 11.5 Å². The van der Waals surface area contributed by atoms with Crippen LogP contribution in [0.25, 0.3) is 0 Å². The molecular formula is C32H33N5O8. The van der Waals surface area contributed by atoms with E-state index < -0.39 is 24.0 Å². The molecule has 45 heavy (non-hydrogen) atoms. The summed E-state index contributed by atoms with van der Waals surface area (Å²) in [5.41, 5.74) is 2.44. The van der Waals surface area contributed by atoms with Crippen LogP contribution in [0.1, 0.15) is 51.6 Å². The van der Waals surface area contributed by atoms with Crippen LogP contribution in [-0.4, -0.2) is 84.4 Å². The molecule has 6 rings (SSSR count). The van der Waals surface area contributed by atoms with E-state index in [9.17, 15) is 24.3 Å². The van der Waals surface area contributed by atoms with Gasteiger partial charge < -0.3 is 39.8 Å². The molecule has 3 aliphatic rings. The van der Waals surface area contributed by atoms with E-state index in [4.69, 9.17) is 14.2 Å². The number of hydrogen-bond acceptors (Lipinski definition) is 9. The summed E-state index contributed by atoms with van der Waals surface area (Å²) in [4.78, 5) is 59.1. The molecule has 13 nitrogen and oxygen atoms in total. The van der Waals surface area contributed by atoms with Crippen LogP contribution < -0.4 is 25.0 Å². The number of carboxylic acids is 1. The van der Waals surface area contributed by atoms with Crippen molar-refractivity contribution in [2.24, 2.45) is 0 Å². The molecule has 13 heteroatoms. The zero-order valence-electron chi connectivity index (χ0n) is 24.4. The molecular weight excluding hydrogens is 582 g/mol. The van der Waals surface area contributed by atoms with Crippen molar-refractivity contribution < 1.29 is 38.5 Å². The average Bonchev–Trinajstić information content (AvgIpc) is 3.77. The zero-order valence-corrected chi connectivity index (χ0v) is 24.4. The molecule has 2 atom stereocenters. The Kier molecular flexibility index (Phi) is 8.78. The first-order valence-corrected chi connectivity index (χ1v) is 14.8. The molecule has 2 aromatic carbocycles. The average molecular weight is 616 g/mol. The molecule has 0 radical (unpaired) electrons. The lowest BCUT2D eigenvalue weighted by Crippen LogP contribution is -2.49. The summed E-state index contributed by atoms with van der Waals surface area (Å²) in [6, 6.07) is 12.7. The van der Waals surface area contributed by atoms with Gasteiger partial charge in [0.15, 0.2) is 11.5 Å². The fraction of sp³-hybridized carbons (Fsp3) is 0.344. The molecule has 234 valence electrons. The lowest BCUT2D eigenvalue weighted by Gasteiger charge is -2.37. The van der Waals surface area contributed by atoms with Crippen LogP contribution in [0.2, 0.25) is 0 Å². The predicted molar refractivity (Wildman–Crippen MR) is 161 cm³/mol. The highest BCUT2D eigenvalue weighted by Crippen LogP contribution is 2.34. The number of aliphatic carboxylic acids is 1. The minimum absolute atomic E-state index is 0.114. The van der Waals surface area contributed by atoms with Crippen molar-refractivity contribution in [2.75, 3.05) is 49.8 Å². The number of rotatable bonds is 9. The highest BCUT2D eigenvalue weighted by Gasteiger charge is 2.29. The van der Waals surface area contributed by atoms with Gasteiger partial charge in [-0.25, -0.2) is 0 Å². The Morgan fingerprint density at radius 2 is 1.78 bits per heavy atom. The number of pyridine rings is 1. The number of amides is 3. The summed E-state index contributed by atoms with van der Waals surface area (Å²) in [5, 5.41) is 15.2. The van der Waals surface area contributed by atoms with Gasteiger partial charge in [-0.1, -0.05) is 6.07 Å². The van der Waals surface area contributed by atoms with Gasteiger partial charge in [-0.2, -0.15) is 0 Å². The third-order valence-electron chi connectivity index (χ3n) is 8.04. The predicted octanol–water partition coefficient (Wildman–Crippen LogP) is 2.84. The first kappa shape index (κ1) is 29.9. The number of ether oxygens (including phenoxy) is 3. The van der Waals surface area contributed by atoms with Crippen LogP contribution in [0.4, 0.5) is 11.4 Å². The number of nitrogens with zero attached hydrogens (tertiary/aromatic N) is 3. The van der Waals surface area contributed by atoms with Crippen molar-refractivity contribution in [3.8, 4) is 11.5 Å². The second-order valence-corrected chi connectivity index (χ2v) is 11.0. The second kappa shape index (κ2) is 13.2. The molecule has 0 spiro atoms. The number of benzene rings is 2. The van der Waals surface area contributed by atoms with Crippen LogP contribution in [-0.2, 0) is 14.3 Å². The van der Waals surface area contributed by atoms with Crippen LogP contribution >= 0.6 is 0 Å². The molecule has 3 N–H and O–H groups in total. The highest BCUT2D eigenvalue weighted by atomic mass is 16.7. The summed E-state index contributed by atoms with van der Waals surface area (Å²) in [7, 11) is 0. The number of carbonyl (C=O) groups excluding carboxylic acids is 3. The van der Waals surface area contributed by atoms with Crippen molar-refractivity contribution in [3.05, 3.63) is 77.6 Å². The van der Waals surface area contributed by atoms with Crippen molar-refractivity contribution in [1.82, 2.24) is 15.2 Å². The maximum Gasteiger partial charge on any atom is 0.305 e. The van der Waals surface area contributed by atoms with Gasteiger partial charge in [0, 0.05) is 56.3 Å². The SMILES string of the molecule is O=C(O)CC(NC(=O)c1ccc(N2CCN(C(=O)c3ccc4c(c3)OCO4)CC2)c(NC(=O)C2CCCO2)c1)c1cccnc1. The fourth-order valence-electron chi connectivity index (χ4n) is 5.66. The van der Waals surface area contributed by atoms with Crippen molar-refractivity contribution in [2.45, 2.75) is 31.4 Å². The van der Waals surface area contributed by atoms with Crippen molar-refractivity contribution in [3.63, 3.8) is 0 Å². The van der Waals surface area contributed by atoms with E-state index >= 15 is 0 Å². The van der Waals surface area contributed by atoms with E-state index in [0.29, 0.717) is 73.2 Å². The standard InChI is InChI=1S/C32H33N5O8/c38-29(39)17-23(22-3-1-9-33-18-22)34-30(40)20-5-7-25(24(15-20)35-31(41)27-4-2-14-43-27)36-10-12-37(13-11-36)32(42)21-6-8-26-28(16-21)45-19-44-26/h1,3,5-9,15-16,18,23,27H,2,4,10-14,17,19H2,(H,34,40)(H,35,41)(H,38,39). The minimum atomic E-state index is -1.07. The van der Waals surface area contributed by atoms with Gasteiger partial charge in [-0.3, -0.25) is 24.2 Å². The Labute approximate surface area is 259 Å². The Morgan fingerprint density at radius 3 is 2.51 bits per heavy atom. The van der Waals surface area contributed by atoms with E-state index in [1.807, 2.05) is 0 Å². The molecule has 0 aliphatic carbocycles. The monoisotopic (exact) mass is 615 g/mol. The molecule has 2 unspecified atom stereocenters. The van der Waals surface area contributed by atoms with E-state index in [0.717, 1.165) is 6.42 Å². The summed E-state index contributed by atoms with van der Waals surface area (Å²) in [6.45, 7) is 2.50. The minimum Gasteiger partial charge on any atom is -0.481 e. The van der Waals surface area contributed by atoms with Crippen molar-refractivity contribution >= 4 is 35.1 Å². The molecule has 0 saturated carbocycles. The molecule has 3 aliphatic heterocycles. The highest BCUT2D eigenvalue weighted by molar-refractivity contribution is 6.01. The quantitative estimate of drug-likeness (QED) is 0.327. The number of fused-ring (bicyclic) bond motifs is 1. The van der Waals surface area contributed by atoms with Gasteiger partial charge >= 0.3 is 5.97 Å². The van der Waals surface area contributed by atoms with E-state index in [2.05, 4.69) is 20.5 Å². The van der Waals surface area contributed by atoms with E-state index in [1.54, 1.807) is 59.6 Å². The van der Waals surface area contributed by atoms with Crippen LogP contribution in [0, 0.1) is 0 Å². The number of nitrogens with one attached hydrogen (secondary N) is 2. The molecule has 3 amide bonds. The van der Waals surface area contributed by atoms with E-state index in [-0.39, 0.29) is 30.6 Å². The molecule has 0 bridgehead atoms. The third-order valence-corrected chi connectivity index (χ3v) is 8.04. The first-order valence-electron chi connectivity index (χ1n) is 14.8. The van der Waals surface area contributed by atoms with Gasteiger partial charge in [0.05, 0.1) is 23.8 Å². The number of hydrogen-bond donors (Lipinski definition) is 3. The number of anilines is 2. The summed E-state index contributed by atoms with van der Waals surface area (Å²) in [6.07, 6.45) is 3.56. The number of carbonyl (C=O) groups is 4. The second-order valence-electron chi connectivity index (χ2n) is 11.0. The van der Waals surface area contributed by atoms with Crippen LogP contribution in [0.3, 0.4) is 0 Å². The molecule has 2 saturated heterocycles. The number of carboxylic acid groups (broad SMARTS) is 1.